The molecule has 0 aliphatic carbocycles. The van der Waals surface area contributed by atoms with Crippen LogP contribution in [0.4, 0.5) is 5.69 Å². The largest absolute Gasteiger partial charge is 0.379 e. The van der Waals surface area contributed by atoms with Gasteiger partial charge in [-0.15, -0.1) is 0 Å². The lowest BCUT2D eigenvalue weighted by molar-refractivity contribution is 0.0350. The van der Waals surface area contributed by atoms with Crippen molar-refractivity contribution in [3.63, 3.8) is 0 Å². The van der Waals surface area contributed by atoms with Crippen LogP contribution in [0.25, 0.3) is 5.57 Å². The number of pyridine rings is 1. The van der Waals surface area contributed by atoms with Crippen LogP contribution < -0.4 is 10.2 Å². The van der Waals surface area contributed by atoms with E-state index in [1.54, 1.807) is 0 Å². The van der Waals surface area contributed by atoms with Gasteiger partial charge in [-0.25, -0.2) is 0 Å². The van der Waals surface area contributed by atoms with Gasteiger partial charge < -0.3 is 19.9 Å². The summed E-state index contributed by atoms with van der Waals surface area (Å²) in [5.74, 6) is 0. The Morgan fingerprint density at radius 2 is 1.97 bits per heavy atom. The van der Waals surface area contributed by atoms with E-state index in [0.29, 0.717) is 0 Å². The van der Waals surface area contributed by atoms with Gasteiger partial charge in [0.05, 0.1) is 36.5 Å². The zero-order chi connectivity index (χ0) is 24.7. The molecule has 186 valence electrons. The number of ether oxygens (including phenoxy) is 1. The van der Waals surface area contributed by atoms with Gasteiger partial charge in [0, 0.05) is 55.7 Å². The summed E-state index contributed by atoms with van der Waals surface area (Å²) in [5, 5.41) is 5.07. The minimum atomic E-state index is -0.0778. The number of hydrogen-bond donors (Lipinski definition) is 1. The first-order valence-electron chi connectivity index (χ1n) is 12.3. The van der Waals surface area contributed by atoms with Crippen LogP contribution in [-0.4, -0.2) is 71.9 Å². The number of rotatable bonds is 5. The van der Waals surface area contributed by atoms with Crippen LogP contribution in [-0.2, 0) is 4.74 Å². The number of aromatic nitrogens is 1. The lowest BCUT2D eigenvalue weighted by Gasteiger charge is -2.41. The fraction of sp³-hybridized carbons (Fsp3) is 0.481. The molecule has 1 aromatic carbocycles. The quantitative estimate of drug-likeness (QED) is 0.585. The molecule has 2 aromatic rings. The second-order valence-electron chi connectivity index (χ2n) is 10.2. The van der Waals surface area contributed by atoms with Gasteiger partial charge in [-0.2, -0.15) is 0 Å². The molecule has 0 bridgehead atoms. The molecular formula is C27H34ClN5OS. The molecule has 1 N–H and O–H groups in total. The SMILES string of the molecule is CC1=CC(C)(C)N(C)c2cc(Cl)c([C@H]3[C@@H](c4ccccn4)NC(=S)N3CCN3CCOCC3)cc21. The number of morpholine rings is 1. The number of halogens is 1. The van der Waals surface area contributed by atoms with Gasteiger partial charge in [-0.05, 0) is 68.4 Å². The summed E-state index contributed by atoms with van der Waals surface area (Å²) in [5.41, 5.74) is 5.62. The van der Waals surface area contributed by atoms with Crippen LogP contribution in [0, 0.1) is 0 Å². The average molecular weight is 512 g/mol. The minimum absolute atomic E-state index is 0.0516. The highest BCUT2D eigenvalue weighted by Crippen LogP contribution is 2.46. The normalized spacial score (nSPS) is 24.3. The zero-order valence-corrected chi connectivity index (χ0v) is 22.5. The van der Waals surface area contributed by atoms with E-state index >= 15 is 0 Å². The first-order valence-corrected chi connectivity index (χ1v) is 13.1. The third-order valence-corrected chi connectivity index (χ3v) is 8.29. The van der Waals surface area contributed by atoms with Crippen LogP contribution in [0.5, 0.6) is 0 Å². The van der Waals surface area contributed by atoms with Crippen LogP contribution in [0.3, 0.4) is 0 Å². The number of anilines is 1. The van der Waals surface area contributed by atoms with Crippen LogP contribution in [0.2, 0.25) is 5.02 Å². The number of hydrogen-bond acceptors (Lipinski definition) is 5. The van der Waals surface area contributed by atoms with E-state index in [0.717, 1.165) is 66.5 Å². The summed E-state index contributed by atoms with van der Waals surface area (Å²) in [4.78, 5) is 11.7. The molecule has 4 heterocycles. The number of benzene rings is 1. The Morgan fingerprint density at radius 3 is 2.69 bits per heavy atom. The van der Waals surface area contributed by atoms with Crippen molar-refractivity contribution in [1.29, 1.82) is 0 Å². The maximum absolute atomic E-state index is 7.07. The summed E-state index contributed by atoms with van der Waals surface area (Å²) in [6, 6.07) is 10.3. The third kappa shape index (κ3) is 4.67. The van der Waals surface area contributed by atoms with Gasteiger partial charge in [0.1, 0.15) is 0 Å². The molecule has 2 atom stereocenters. The van der Waals surface area contributed by atoms with Crippen molar-refractivity contribution in [2.24, 2.45) is 0 Å². The maximum Gasteiger partial charge on any atom is 0.170 e. The van der Waals surface area contributed by atoms with Crippen molar-refractivity contribution in [1.82, 2.24) is 20.1 Å². The Labute approximate surface area is 218 Å². The van der Waals surface area contributed by atoms with E-state index in [2.05, 4.69) is 77.1 Å². The molecule has 2 fully saturated rings. The second kappa shape index (κ2) is 9.69. The number of nitrogens with zero attached hydrogens (tertiary/aromatic N) is 4. The Hall–Kier alpha value is -2.19. The standard InChI is InChI=1S/C27H34ClN5OS/c1-18-17-27(2,3)31(4)23-16-21(28)20(15-19(18)23)25-24(22-7-5-6-8-29-22)30-26(35)33(25)10-9-32-11-13-34-14-12-32/h5-8,15-17,24-25H,9-14H2,1-4H3,(H,30,35)/t24-,25+/m1/s1. The van der Waals surface area contributed by atoms with E-state index in [-0.39, 0.29) is 17.6 Å². The molecule has 1 aromatic heterocycles. The Bertz CT molecular complexity index is 1130. The van der Waals surface area contributed by atoms with Crippen molar-refractivity contribution < 1.29 is 4.74 Å². The fourth-order valence-corrected chi connectivity index (χ4v) is 6.07. The first kappa shape index (κ1) is 24.5. The molecule has 0 unspecified atom stereocenters. The molecule has 3 aliphatic heterocycles. The van der Waals surface area contributed by atoms with Crippen LogP contribution in [0.1, 0.15) is 49.7 Å². The number of nitrogens with one attached hydrogen (secondary N) is 1. The highest BCUT2D eigenvalue weighted by molar-refractivity contribution is 7.80. The van der Waals surface area contributed by atoms with Gasteiger partial charge in [0.2, 0.25) is 0 Å². The van der Waals surface area contributed by atoms with E-state index in [1.165, 1.54) is 11.1 Å². The van der Waals surface area contributed by atoms with Gasteiger partial charge in [0.15, 0.2) is 5.11 Å². The molecule has 5 rings (SSSR count). The predicted octanol–water partition coefficient (Wildman–Crippen LogP) is 4.67. The summed E-state index contributed by atoms with van der Waals surface area (Å²) in [7, 11) is 2.13. The lowest BCUT2D eigenvalue weighted by Crippen LogP contribution is -2.43. The number of thiocarbonyl (C=S) groups is 1. The Morgan fingerprint density at radius 1 is 1.20 bits per heavy atom. The number of likely N-dealkylation sites (N-methyl/N-ethyl adjacent to an activating group) is 1. The molecule has 0 amide bonds. The summed E-state index contributed by atoms with van der Waals surface area (Å²) in [6.45, 7) is 11.9. The monoisotopic (exact) mass is 511 g/mol. The van der Waals surface area contributed by atoms with E-state index < -0.39 is 0 Å². The zero-order valence-electron chi connectivity index (χ0n) is 20.9. The molecule has 0 saturated carbocycles. The van der Waals surface area contributed by atoms with Crippen LogP contribution >= 0.6 is 23.8 Å². The smallest absolute Gasteiger partial charge is 0.170 e. The molecular weight excluding hydrogens is 478 g/mol. The summed E-state index contributed by atoms with van der Waals surface area (Å²) >= 11 is 12.9. The van der Waals surface area contributed by atoms with Crippen LogP contribution in [0.15, 0.2) is 42.6 Å². The lowest BCUT2D eigenvalue weighted by atomic mass is 9.86. The minimum Gasteiger partial charge on any atom is -0.379 e. The fourth-order valence-electron chi connectivity index (χ4n) is 5.47. The Kier molecular flexibility index (Phi) is 6.79. The van der Waals surface area contributed by atoms with Gasteiger partial charge in [-0.1, -0.05) is 23.7 Å². The second-order valence-corrected chi connectivity index (χ2v) is 11.0. The molecule has 2 saturated heterocycles. The number of fused-ring (bicyclic) bond motifs is 1. The van der Waals surface area contributed by atoms with Crippen molar-refractivity contribution in [2.75, 3.05) is 51.3 Å². The maximum atomic E-state index is 7.07. The predicted molar refractivity (Wildman–Crippen MR) is 147 cm³/mol. The molecule has 0 spiro atoms. The summed E-state index contributed by atoms with van der Waals surface area (Å²) < 4.78 is 5.53. The van der Waals surface area contributed by atoms with E-state index in [4.69, 9.17) is 28.6 Å². The first-order chi connectivity index (χ1) is 16.8. The van der Waals surface area contributed by atoms with Gasteiger partial charge in [-0.3, -0.25) is 9.88 Å². The van der Waals surface area contributed by atoms with E-state index in [1.807, 2.05) is 18.3 Å². The number of allylic oxidation sites excluding steroid dienone is 1. The van der Waals surface area contributed by atoms with Crippen molar-refractivity contribution in [3.8, 4) is 0 Å². The van der Waals surface area contributed by atoms with Gasteiger partial charge in [0.25, 0.3) is 0 Å². The molecule has 3 aliphatic rings. The summed E-state index contributed by atoms with van der Waals surface area (Å²) in [6.07, 6.45) is 4.17. The van der Waals surface area contributed by atoms with E-state index in [9.17, 15) is 0 Å². The van der Waals surface area contributed by atoms with Crippen molar-refractivity contribution in [2.45, 2.75) is 38.4 Å². The van der Waals surface area contributed by atoms with Crippen molar-refractivity contribution in [3.05, 3.63) is 64.4 Å². The topological polar surface area (TPSA) is 43.9 Å². The highest BCUT2D eigenvalue weighted by atomic mass is 35.5. The third-order valence-electron chi connectivity index (χ3n) is 7.61. The molecule has 0 radical (unpaired) electrons. The highest BCUT2D eigenvalue weighted by Gasteiger charge is 2.41. The molecule has 35 heavy (non-hydrogen) atoms. The molecule has 8 heteroatoms. The average Bonchev–Trinajstić information content (AvgIpc) is 3.18. The molecule has 6 nitrogen and oxygen atoms in total. The van der Waals surface area contributed by atoms with Crippen molar-refractivity contribution >= 4 is 40.2 Å². The Balaban J connectivity index is 1.55. The van der Waals surface area contributed by atoms with Gasteiger partial charge >= 0.3 is 0 Å².